The Balaban J connectivity index is 1.95. The number of rotatable bonds is 4. The van der Waals surface area contributed by atoms with Gasteiger partial charge in [0.25, 0.3) is 0 Å². The molecule has 0 aliphatic carbocycles. The van der Waals surface area contributed by atoms with Crippen molar-refractivity contribution in [2.45, 2.75) is 6.54 Å². The molecule has 0 aliphatic rings. The van der Waals surface area contributed by atoms with Crippen LogP contribution in [0.2, 0.25) is 0 Å². The van der Waals surface area contributed by atoms with Crippen LogP contribution in [0.3, 0.4) is 0 Å². The second-order valence-electron chi connectivity index (χ2n) is 4.53. The molecule has 106 valence electrons. The number of halogens is 1. The van der Waals surface area contributed by atoms with Crippen LogP contribution in [0, 0.1) is 0 Å². The summed E-state index contributed by atoms with van der Waals surface area (Å²) in [6, 6.07) is 9.49. The summed E-state index contributed by atoms with van der Waals surface area (Å²) in [4.78, 5) is 11.3. The van der Waals surface area contributed by atoms with Gasteiger partial charge in [-0.1, -0.05) is 28.1 Å². The van der Waals surface area contributed by atoms with Crippen LogP contribution in [0.15, 0.2) is 57.9 Å². The van der Waals surface area contributed by atoms with Crippen LogP contribution in [0.1, 0.15) is 15.9 Å². The van der Waals surface area contributed by atoms with Gasteiger partial charge < -0.3 is 9.52 Å². The molecule has 0 saturated heterocycles. The first kappa shape index (κ1) is 13.6. The van der Waals surface area contributed by atoms with E-state index in [9.17, 15) is 9.90 Å². The summed E-state index contributed by atoms with van der Waals surface area (Å²) < 4.78 is 7.61. The van der Waals surface area contributed by atoms with Crippen LogP contribution in [0.25, 0.3) is 11.3 Å². The lowest BCUT2D eigenvalue weighted by atomic mass is 10.1. The molecule has 0 atom stereocenters. The molecule has 2 heterocycles. The first-order valence-corrected chi connectivity index (χ1v) is 7.00. The maximum Gasteiger partial charge on any atom is 0.339 e. The molecule has 0 bridgehead atoms. The molecule has 0 spiro atoms. The van der Waals surface area contributed by atoms with Gasteiger partial charge in [0.1, 0.15) is 11.3 Å². The second-order valence-corrected chi connectivity index (χ2v) is 5.45. The molecular formula is C15H11BrN2O3. The van der Waals surface area contributed by atoms with Crippen LogP contribution in [0.5, 0.6) is 0 Å². The van der Waals surface area contributed by atoms with Crippen molar-refractivity contribution in [3.63, 3.8) is 0 Å². The van der Waals surface area contributed by atoms with E-state index >= 15 is 0 Å². The summed E-state index contributed by atoms with van der Waals surface area (Å²) in [6.07, 6.45) is 4.51. The normalized spacial score (nSPS) is 10.7. The predicted octanol–water partition coefficient (Wildman–Crippen LogP) is 3.65. The molecule has 21 heavy (non-hydrogen) atoms. The number of carboxylic acid groups (broad SMARTS) is 1. The predicted molar refractivity (Wildman–Crippen MR) is 80.1 cm³/mol. The highest BCUT2D eigenvalue weighted by atomic mass is 79.9. The zero-order valence-electron chi connectivity index (χ0n) is 10.9. The smallest absolute Gasteiger partial charge is 0.339 e. The first-order valence-electron chi connectivity index (χ1n) is 6.21. The monoisotopic (exact) mass is 346 g/mol. The van der Waals surface area contributed by atoms with Crippen LogP contribution >= 0.6 is 15.9 Å². The Morgan fingerprint density at radius 1 is 1.29 bits per heavy atom. The van der Waals surface area contributed by atoms with E-state index in [1.165, 1.54) is 18.7 Å². The van der Waals surface area contributed by atoms with Crippen molar-refractivity contribution in [1.82, 2.24) is 9.78 Å². The largest absolute Gasteiger partial charge is 0.478 e. The summed E-state index contributed by atoms with van der Waals surface area (Å²) in [6.45, 7) is 0.505. The Morgan fingerprint density at radius 2 is 2.05 bits per heavy atom. The summed E-state index contributed by atoms with van der Waals surface area (Å²) in [7, 11) is 0. The highest BCUT2D eigenvalue weighted by Gasteiger charge is 2.17. The molecule has 3 rings (SSSR count). The molecule has 6 heteroatoms. The number of hydrogen-bond donors (Lipinski definition) is 1. The third-order valence-electron chi connectivity index (χ3n) is 3.04. The molecule has 5 nitrogen and oxygen atoms in total. The van der Waals surface area contributed by atoms with E-state index in [2.05, 4.69) is 21.0 Å². The van der Waals surface area contributed by atoms with Gasteiger partial charge in [0.15, 0.2) is 0 Å². The van der Waals surface area contributed by atoms with Crippen LogP contribution < -0.4 is 0 Å². The fourth-order valence-corrected chi connectivity index (χ4v) is 2.31. The zero-order valence-corrected chi connectivity index (χ0v) is 12.4. The van der Waals surface area contributed by atoms with Crippen LogP contribution in [-0.2, 0) is 6.54 Å². The highest BCUT2D eigenvalue weighted by Crippen LogP contribution is 2.23. The third-order valence-corrected chi connectivity index (χ3v) is 3.57. The van der Waals surface area contributed by atoms with Gasteiger partial charge in [-0.05, 0) is 23.8 Å². The number of furan rings is 1. The molecule has 0 aliphatic heterocycles. The summed E-state index contributed by atoms with van der Waals surface area (Å²) in [5.74, 6) is -1.01. The molecule has 0 fully saturated rings. The maximum atomic E-state index is 11.3. The van der Waals surface area contributed by atoms with E-state index in [-0.39, 0.29) is 5.56 Å². The molecule has 1 N–H and O–H groups in total. The minimum Gasteiger partial charge on any atom is -0.478 e. The van der Waals surface area contributed by atoms with Crippen molar-refractivity contribution in [2.75, 3.05) is 0 Å². The summed E-state index contributed by atoms with van der Waals surface area (Å²) in [5.41, 5.74) is 2.26. The minimum absolute atomic E-state index is 0.161. The lowest BCUT2D eigenvalue weighted by Crippen LogP contribution is -2.00. The first-order chi connectivity index (χ1) is 10.1. The average molecular weight is 347 g/mol. The van der Waals surface area contributed by atoms with Gasteiger partial charge in [-0.3, -0.25) is 4.68 Å². The van der Waals surface area contributed by atoms with Crippen molar-refractivity contribution >= 4 is 21.9 Å². The van der Waals surface area contributed by atoms with Crippen LogP contribution in [-0.4, -0.2) is 20.9 Å². The Kier molecular flexibility index (Phi) is 3.62. The molecule has 0 saturated carbocycles. The Bertz CT molecular complexity index is 761. The number of carboxylic acids is 1. The molecular weight excluding hydrogens is 336 g/mol. The van der Waals surface area contributed by atoms with Gasteiger partial charge in [-0.15, -0.1) is 0 Å². The van der Waals surface area contributed by atoms with Crippen molar-refractivity contribution < 1.29 is 14.3 Å². The molecule has 0 amide bonds. The Hall–Kier alpha value is -2.34. The molecule has 2 aromatic heterocycles. The average Bonchev–Trinajstić information content (AvgIpc) is 3.10. The number of benzene rings is 1. The van der Waals surface area contributed by atoms with E-state index in [1.54, 1.807) is 10.7 Å². The quantitative estimate of drug-likeness (QED) is 0.782. The SMILES string of the molecule is O=C(O)c1cn(Cc2ccc(Br)cc2)nc1-c1ccoc1. The van der Waals surface area contributed by atoms with Gasteiger partial charge >= 0.3 is 5.97 Å². The Labute approximate surface area is 129 Å². The number of carbonyl (C=O) groups is 1. The van der Waals surface area contributed by atoms with Gasteiger partial charge in [-0.25, -0.2) is 4.79 Å². The van der Waals surface area contributed by atoms with Gasteiger partial charge in [0.2, 0.25) is 0 Å². The minimum atomic E-state index is -1.01. The van der Waals surface area contributed by atoms with Crippen molar-refractivity contribution in [1.29, 1.82) is 0 Å². The standard InChI is InChI=1S/C15H11BrN2O3/c16-12-3-1-10(2-4-12)7-18-8-13(15(19)20)14(17-18)11-5-6-21-9-11/h1-6,8-9H,7H2,(H,19,20). The van der Waals surface area contributed by atoms with Crippen molar-refractivity contribution in [3.8, 4) is 11.3 Å². The van der Waals surface area contributed by atoms with Gasteiger partial charge in [-0.2, -0.15) is 5.10 Å². The molecule has 0 unspecified atom stereocenters. The van der Waals surface area contributed by atoms with E-state index in [0.29, 0.717) is 17.8 Å². The number of aromatic nitrogens is 2. The summed E-state index contributed by atoms with van der Waals surface area (Å²) in [5, 5.41) is 13.6. The van der Waals surface area contributed by atoms with Crippen molar-refractivity contribution in [2.24, 2.45) is 0 Å². The maximum absolute atomic E-state index is 11.3. The number of hydrogen-bond acceptors (Lipinski definition) is 3. The third kappa shape index (κ3) is 2.90. The molecule has 3 aromatic rings. The fraction of sp³-hybridized carbons (Fsp3) is 0.0667. The second kappa shape index (κ2) is 5.57. The number of nitrogens with zero attached hydrogens (tertiary/aromatic N) is 2. The lowest BCUT2D eigenvalue weighted by Gasteiger charge is -2.01. The van der Waals surface area contributed by atoms with E-state index in [4.69, 9.17) is 4.42 Å². The van der Waals surface area contributed by atoms with Crippen LogP contribution in [0.4, 0.5) is 0 Å². The van der Waals surface area contributed by atoms with Crippen molar-refractivity contribution in [3.05, 3.63) is 64.7 Å². The van der Waals surface area contributed by atoms with Gasteiger partial charge in [0, 0.05) is 16.2 Å². The van der Waals surface area contributed by atoms with E-state index in [1.807, 2.05) is 24.3 Å². The Morgan fingerprint density at radius 3 is 2.67 bits per heavy atom. The molecule has 1 aromatic carbocycles. The lowest BCUT2D eigenvalue weighted by molar-refractivity contribution is 0.0697. The summed E-state index contributed by atoms with van der Waals surface area (Å²) >= 11 is 3.38. The highest BCUT2D eigenvalue weighted by molar-refractivity contribution is 9.10. The zero-order chi connectivity index (χ0) is 14.8. The number of aromatic carboxylic acids is 1. The molecule has 0 radical (unpaired) electrons. The van der Waals surface area contributed by atoms with E-state index in [0.717, 1.165) is 10.0 Å². The fourth-order valence-electron chi connectivity index (χ4n) is 2.05. The van der Waals surface area contributed by atoms with Gasteiger partial charge in [0.05, 0.1) is 19.1 Å². The topological polar surface area (TPSA) is 68.3 Å². The van der Waals surface area contributed by atoms with E-state index < -0.39 is 5.97 Å².